The van der Waals surface area contributed by atoms with Gasteiger partial charge in [-0.2, -0.15) is 0 Å². The number of ether oxygens (including phenoxy) is 1. The second-order valence-electron chi connectivity index (χ2n) is 6.52. The number of carbonyl (C=O) groups is 1. The minimum absolute atomic E-state index is 0.0892. The van der Waals surface area contributed by atoms with E-state index in [0.717, 1.165) is 5.56 Å². The van der Waals surface area contributed by atoms with Crippen LogP contribution < -0.4 is 15.6 Å². The van der Waals surface area contributed by atoms with E-state index in [1.165, 1.54) is 10.8 Å². The van der Waals surface area contributed by atoms with Crippen LogP contribution in [0.25, 0.3) is 11.0 Å². The number of hydrogen-bond acceptors (Lipinski definition) is 4. The minimum Gasteiger partial charge on any atom is -0.489 e. The summed E-state index contributed by atoms with van der Waals surface area (Å²) in [5.74, 6) is 0.421. The van der Waals surface area contributed by atoms with Crippen LogP contribution >= 0.6 is 0 Å². The van der Waals surface area contributed by atoms with Crippen LogP contribution in [0.4, 0.5) is 5.69 Å². The third-order valence-corrected chi connectivity index (χ3v) is 4.44. The van der Waals surface area contributed by atoms with Gasteiger partial charge in [-0.25, -0.2) is 4.98 Å². The van der Waals surface area contributed by atoms with E-state index in [2.05, 4.69) is 10.3 Å². The van der Waals surface area contributed by atoms with Crippen LogP contribution in [0.1, 0.15) is 5.56 Å². The lowest BCUT2D eigenvalue weighted by atomic mass is 10.2. The van der Waals surface area contributed by atoms with Crippen LogP contribution in [0, 0.1) is 0 Å². The Kier molecular flexibility index (Phi) is 5.33. The molecule has 0 radical (unpaired) electrons. The van der Waals surface area contributed by atoms with Crippen LogP contribution in [0.2, 0.25) is 0 Å². The number of benzene rings is 3. The largest absolute Gasteiger partial charge is 0.489 e. The van der Waals surface area contributed by atoms with Gasteiger partial charge >= 0.3 is 0 Å². The molecule has 1 amide bonds. The van der Waals surface area contributed by atoms with Gasteiger partial charge in [-0.15, -0.1) is 0 Å². The number of amides is 1. The van der Waals surface area contributed by atoms with Gasteiger partial charge in [0.15, 0.2) is 0 Å². The number of fused-ring (bicyclic) bond motifs is 1. The molecule has 1 N–H and O–H groups in total. The molecule has 0 aliphatic rings. The first-order chi connectivity index (χ1) is 14.2. The smallest absolute Gasteiger partial charge is 0.269 e. The maximum absolute atomic E-state index is 12.5. The predicted molar refractivity (Wildman–Crippen MR) is 112 cm³/mol. The highest BCUT2D eigenvalue weighted by Crippen LogP contribution is 2.17. The Balaban J connectivity index is 1.40. The van der Waals surface area contributed by atoms with Gasteiger partial charge in [0, 0.05) is 5.69 Å². The first kappa shape index (κ1) is 18.4. The predicted octanol–water partition coefficient (Wildman–Crippen LogP) is 3.61. The molecule has 29 heavy (non-hydrogen) atoms. The molecule has 6 nitrogen and oxygen atoms in total. The van der Waals surface area contributed by atoms with Gasteiger partial charge in [-0.1, -0.05) is 42.5 Å². The number of rotatable bonds is 6. The summed E-state index contributed by atoms with van der Waals surface area (Å²) in [7, 11) is 0. The lowest BCUT2D eigenvalue weighted by molar-refractivity contribution is -0.116. The van der Waals surface area contributed by atoms with E-state index in [1.807, 2.05) is 42.5 Å². The van der Waals surface area contributed by atoms with Crippen molar-refractivity contribution in [2.45, 2.75) is 13.2 Å². The monoisotopic (exact) mass is 385 g/mol. The second kappa shape index (κ2) is 8.39. The summed E-state index contributed by atoms with van der Waals surface area (Å²) in [6, 6.07) is 24.3. The molecule has 0 spiro atoms. The van der Waals surface area contributed by atoms with Gasteiger partial charge < -0.3 is 10.1 Å². The second-order valence-corrected chi connectivity index (χ2v) is 6.52. The van der Waals surface area contributed by atoms with Crippen molar-refractivity contribution in [3.05, 3.63) is 101 Å². The molecule has 0 saturated carbocycles. The van der Waals surface area contributed by atoms with Gasteiger partial charge in [-0.3, -0.25) is 14.2 Å². The van der Waals surface area contributed by atoms with E-state index in [9.17, 15) is 9.59 Å². The summed E-state index contributed by atoms with van der Waals surface area (Å²) >= 11 is 0. The van der Waals surface area contributed by atoms with Crippen LogP contribution in [-0.4, -0.2) is 15.5 Å². The van der Waals surface area contributed by atoms with Crippen molar-refractivity contribution in [2.24, 2.45) is 0 Å². The molecule has 1 aromatic heterocycles. The average molecular weight is 385 g/mol. The number of para-hydroxylation sites is 2. The average Bonchev–Trinajstić information content (AvgIpc) is 2.76. The van der Waals surface area contributed by atoms with E-state index in [-0.39, 0.29) is 18.0 Å². The molecule has 0 fully saturated rings. The van der Waals surface area contributed by atoms with Gasteiger partial charge in [0.1, 0.15) is 18.9 Å². The number of aromatic nitrogens is 2. The highest BCUT2D eigenvalue weighted by Gasteiger charge is 2.09. The maximum Gasteiger partial charge on any atom is 0.269 e. The Bertz CT molecular complexity index is 1190. The summed E-state index contributed by atoms with van der Waals surface area (Å²) in [4.78, 5) is 28.7. The van der Waals surface area contributed by atoms with Gasteiger partial charge in [-0.05, 0) is 42.0 Å². The molecular weight excluding hydrogens is 366 g/mol. The molecule has 0 unspecified atom stereocenters. The quantitative estimate of drug-likeness (QED) is 0.550. The Morgan fingerprint density at radius 2 is 1.66 bits per heavy atom. The molecule has 4 aromatic rings. The van der Waals surface area contributed by atoms with Crippen molar-refractivity contribution in [3.63, 3.8) is 0 Å². The van der Waals surface area contributed by atoms with Crippen LogP contribution in [-0.2, 0) is 17.9 Å². The zero-order valence-corrected chi connectivity index (χ0v) is 15.6. The van der Waals surface area contributed by atoms with E-state index >= 15 is 0 Å². The molecule has 0 saturated heterocycles. The molecule has 0 atom stereocenters. The molecule has 0 bridgehead atoms. The normalized spacial score (nSPS) is 10.6. The zero-order valence-electron chi connectivity index (χ0n) is 15.6. The SMILES string of the molecule is O=C(Cn1c(=O)cnc2ccccc21)Nc1ccc(OCc2ccccc2)cc1. The topological polar surface area (TPSA) is 73.2 Å². The molecule has 0 aliphatic heterocycles. The van der Waals surface area contributed by atoms with Crippen LogP contribution in [0.15, 0.2) is 89.9 Å². The van der Waals surface area contributed by atoms with Crippen molar-refractivity contribution in [3.8, 4) is 5.75 Å². The van der Waals surface area contributed by atoms with E-state index in [4.69, 9.17) is 4.74 Å². The molecule has 1 heterocycles. The fraction of sp³-hybridized carbons (Fsp3) is 0.0870. The summed E-state index contributed by atoms with van der Waals surface area (Å²) in [5.41, 5.74) is 2.69. The van der Waals surface area contributed by atoms with Crippen LogP contribution in [0.5, 0.6) is 5.75 Å². The highest BCUT2D eigenvalue weighted by atomic mass is 16.5. The lowest BCUT2D eigenvalue weighted by Crippen LogP contribution is -2.27. The lowest BCUT2D eigenvalue weighted by Gasteiger charge is -2.11. The third-order valence-electron chi connectivity index (χ3n) is 4.44. The summed E-state index contributed by atoms with van der Waals surface area (Å²) in [6.07, 6.45) is 1.23. The van der Waals surface area contributed by atoms with Crippen LogP contribution in [0.3, 0.4) is 0 Å². The number of carbonyl (C=O) groups excluding carboxylic acids is 1. The van der Waals surface area contributed by atoms with Crippen molar-refractivity contribution < 1.29 is 9.53 Å². The first-order valence-electron chi connectivity index (χ1n) is 9.20. The van der Waals surface area contributed by atoms with E-state index in [0.29, 0.717) is 29.1 Å². The number of nitrogens with zero attached hydrogens (tertiary/aromatic N) is 2. The maximum atomic E-state index is 12.5. The molecule has 6 heteroatoms. The third kappa shape index (κ3) is 4.50. The molecule has 3 aromatic carbocycles. The summed E-state index contributed by atoms with van der Waals surface area (Å²) in [5, 5.41) is 2.81. The van der Waals surface area contributed by atoms with Crippen molar-refractivity contribution in [2.75, 3.05) is 5.32 Å². The molecule has 144 valence electrons. The van der Waals surface area contributed by atoms with Crippen molar-refractivity contribution in [1.82, 2.24) is 9.55 Å². The fourth-order valence-corrected chi connectivity index (χ4v) is 3.00. The Morgan fingerprint density at radius 3 is 2.45 bits per heavy atom. The van der Waals surface area contributed by atoms with E-state index in [1.54, 1.807) is 36.4 Å². The Labute approximate surface area is 167 Å². The van der Waals surface area contributed by atoms with Gasteiger partial charge in [0.05, 0.1) is 17.2 Å². The Morgan fingerprint density at radius 1 is 0.931 bits per heavy atom. The highest BCUT2D eigenvalue weighted by molar-refractivity contribution is 5.91. The zero-order chi connectivity index (χ0) is 20.1. The summed E-state index contributed by atoms with van der Waals surface area (Å²) in [6.45, 7) is 0.388. The number of hydrogen-bond donors (Lipinski definition) is 1. The molecular formula is C23H19N3O3. The summed E-state index contributed by atoms with van der Waals surface area (Å²) < 4.78 is 7.16. The standard InChI is InChI=1S/C23H19N3O3/c27-22(15-26-21-9-5-4-8-20(21)24-14-23(26)28)25-18-10-12-19(13-11-18)29-16-17-6-2-1-3-7-17/h1-14H,15-16H2,(H,25,27). The fourth-order valence-electron chi connectivity index (χ4n) is 3.00. The minimum atomic E-state index is -0.316. The molecule has 4 rings (SSSR count). The van der Waals surface area contributed by atoms with Gasteiger partial charge in [0.2, 0.25) is 5.91 Å². The van der Waals surface area contributed by atoms with Crippen molar-refractivity contribution >= 4 is 22.6 Å². The number of nitrogens with one attached hydrogen (secondary N) is 1. The van der Waals surface area contributed by atoms with Gasteiger partial charge in [0.25, 0.3) is 5.56 Å². The molecule has 0 aliphatic carbocycles. The van der Waals surface area contributed by atoms with E-state index < -0.39 is 0 Å². The Hall–Kier alpha value is -3.93. The van der Waals surface area contributed by atoms with Crippen molar-refractivity contribution in [1.29, 1.82) is 0 Å². The number of anilines is 1. The first-order valence-corrected chi connectivity index (χ1v) is 9.20.